The summed E-state index contributed by atoms with van der Waals surface area (Å²) >= 11 is 3.29. The van der Waals surface area contributed by atoms with E-state index in [2.05, 4.69) is 21.2 Å². The van der Waals surface area contributed by atoms with Gasteiger partial charge in [0.05, 0.1) is 11.7 Å². The number of amides is 1. The van der Waals surface area contributed by atoms with Crippen LogP contribution in [0.4, 0.5) is 5.69 Å². The van der Waals surface area contributed by atoms with Crippen LogP contribution in [0.3, 0.4) is 0 Å². The molecule has 1 aromatic carbocycles. The Kier molecular flexibility index (Phi) is 4.04. The van der Waals surface area contributed by atoms with Crippen LogP contribution in [0.1, 0.15) is 23.3 Å². The number of hydrogen-bond acceptors (Lipinski definition) is 4. The highest BCUT2D eigenvalue weighted by molar-refractivity contribution is 9.10. The number of aromatic nitrogens is 1. The van der Waals surface area contributed by atoms with Gasteiger partial charge >= 0.3 is 0 Å². The molecule has 2 heterocycles. The highest BCUT2D eigenvalue weighted by Crippen LogP contribution is 2.29. The summed E-state index contributed by atoms with van der Waals surface area (Å²) in [5.41, 5.74) is 0.596. The summed E-state index contributed by atoms with van der Waals surface area (Å²) < 4.78 is 7.34. The van der Waals surface area contributed by atoms with Crippen LogP contribution < -0.4 is 15.6 Å². The number of ether oxygens (including phenoxy) is 1. The van der Waals surface area contributed by atoms with Crippen LogP contribution in [0, 0.1) is 0 Å². The zero-order chi connectivity index (χ0) is 16.6. The lowest BCUT2D eigenvalue weighted by atomic mass is 10.0. The Labute approximate surface area is 140 Å². The number of carbonyl (C=O) groups excluding carboxylic acids is 2. The summed E-state index contributed by atoms with van der Waals surface area (Å²) in [6, 6.07) is 7.18. The Balaban J connectivity index is 1.94. The number of pyridine rings is 1. The van der Waals surface area contributed by atoms with Crippen molar-refractivity contribution in [2.45, 2.75) is 13.0 Å². The standard InChI is InChI=1S/C16H13BrN2O4/c1-9(19-7-11(17)3-5-15(19)21)16(22)10-2-4-13-12(6-10)18-14(20)8-23-13/h2-7,9H,8H2,1H3,(H,18,20). The Morgan fingerprint density at radius 1 is 1.30 bits per heavy atom. The molecule has 2 aromatic rings. The normalized spacial score (nSPS) is 14.4. The van der Waals surface area contributed by atoms with E-state index in [0.29, 0.717) is 21.5 Å². The smallest absolute Gasteiger partial charge is 0.262 e. The van der Waals surface area contributed by atoms with E-state index in [1.807, 2.05) is 0 Å². The maximum Gasteiger partial charge on any atom is 0.262 e. The van der Waals surface area contributed by atoms with E-state index in [-0.39, 0.29) is 23.9 Å². The van der Waals surface area contributed by atoms with Gasteiger partial charge in [-0.05, 0) is 47.1 Å². The number of halogens is 1. The lowest BCUT2D eigenvalue weighted by molar-refractivity contribution is -0.118. The van der Waals surface area contributed by atoms with E-state index in [4.69, 9.17) is 4.74 Å². The number of benzene rings is 1. The van der Waals surface area contributed by atoms with Crippen molar-refractivity contribution in [1.29, 1.82) is 0 Å². The molecule has 1 amide bonds. The van der Waals surface area contributed by atoms with Crippen molar-refractivity contribution in [1.82, 2.24) is 4.57 Å². The molecular weight excluding hydrogens is 364 g/mol. The largest absolute Gasteiger partial charge is 0.482 e. The van der Waals surface area contributed by atoms with Crippen molar-refractivity contribution in [2.75, 3.05) is 11.9 Å². The molecule has 6 nitrogen and oxygen atoms in total. The number of nitrogens with zero attached hydrogens (tertiary/aromatic N) is 1. The Bertz CT molecular complexity index is 859. The third-order valence-corrected chi connectivity index (χ3v) is 4.06. The fourth-order valence-corrected chi connectivity index (χ4v) is 2.74. The van der Waals surface area contributed by atoms with Gasteiger partial charge in [0.25, 0.3) is 11.5 Å². The second-order valence-electron chi connectivity index (χ2n) is 5.18. The number of anilines is 1. The fraction of sp³-hybridized carbons (Fsp3) is 0.188. The number of hydrogen-bond donors (Lipinski definition) is 1. The zero-order valence-electron chi connectivity index (χ0n) is 12.2. The van der Waals surface area contributed by atoms with Crippen LogP contribution in [0.15, 0.2) is 45.8 Å². The van der Waals surface area contributed by atoms with Crippen LogP contribution in [0.5, 0.6) is 5.75 Å². The molecule has 0 saturated heterocycles. The van der Waals surface area contributed by atoms with E-state index >= 15 is 0 Å². The van der Waals surface area contributed by atoms with Crippen LogP contribution in [-0.2, 0) is 4.79 Å². The second-order valence-corrected chi connectivity index (χ2v) is 6.10. The van der Waals surface area contributed by atoms with Gasteiger partial charge in [0.2, 0.25) is 0 Å². The van der Waals surface area contributed by atoms with Gasteiger partial charge < -0.3 is 14.6 Å². The minimum Gasteiger partial charge on any atom is -0.482 e. The van der Waals surface area contributed by atoms with Gasteiger partial charge in [0, 0.05) is 22.3 Å². The minimum absolute atomic E-state index is 0.0376. The fourth-order valence-electron chi connectivity index (χ4n) is 2.38. The molecule has 0 fully saturated rings. The molecular formula is C16H13BrN2O4. The Morgan fingerprint density at radius 3 is 2.87 bits per heavy atom. The molecule has 23 heavy (non-hydrogen) atoms. The lowest BCUT2D eigenvalue weighted by Gasteiger charge is -2.19. The van der Waals surface area contributed by atoms with Crippen LogP contribution in [-0.4, -0.2) is 22.9 Å². The number of rotatable bonds is 3. The highest BCUT2D eigenvalue weighted by Gasteiger charge is 2.22. The summed E-state index contributed by atoms with van der Waals surface area (Å²) in [4.78, 5) is 36.0. The van der Waals surface area contributed by atoms with Gasteiger partial charge in [-0.15, -0.1) is 0 Å². The molecule has 1 N–H and O–H groups in total. The maximum absolute atomic E-state index is 12.6. The van der Waals surface area contributed by atoms with E-state index < -0.39 is 6.04 Å². The van der Waals surface area contributed by atoms with Crippen molar-refractivity contribution >= 4 is 33.3 Å². The van der Waals surface area contributed by atoms with Gasteiger partial charge in [-0.3, -0.25) is 14.4 Å². The van der Waals surface area contributed by atoms with Crippen molar-refractivity contribution in [3.05, 3.63) is 56.9 Å². The number of carbonyl (C=O) groups is 2. The molecule has 1 unspecified atom stereocenters. The van der Waals surface area contributed by atoms with Gasteiger partial charge in [-0.2, -0.15) is 0 Å². The van der Waals surface area contributed by atoms with E-state index in [1.54, 1.807) is 37.4 Å². The average Bonchev–Trinajstić information content (AvgIpc) is 2.55. The van der Waals surface area contributed by atoms with Crippen LogP contribution in [0.25, 0.3) is 0 Å². The topological polar surface area (TPSA) is 77.4 Å². The van der Waals surface area contributed by atoms with E-state index in [1.165, 1.54) is 10.6 Å². The summed E-state index contributed by atoms with van der Waals surface area (Å²) in [6.45, 7) is 1.62. The van der Waals surface area contributed by atoms with Crippen molar-refractivity contribution < 1.29 is 14.3 Å². The number of nitrogens with one attached hydrogen (secondary N) is 1. The molecule has 7 heteroatoms. The van der Waals surface area contributed by atoms with Crippen molar-refractivity contribution in [2.24, 2.45) is 0 Å². The second kappa shape index (κ2) is 6.00. The molecule has 1 aliphatic heterocycles. The molecule has 3 rings (SSSR count). The molecule has 0 radical (unpaired) electrons. The average molecular weight is 377 g/mol. The highest BCUT2D eigenvalue weighted by atomic mass is 79.9. The third-order valence-electron chi connectivity index (χ3n) is 3.60. The Hall–Kier alpha value is -2.41. The Morgan fingerprint density at radius 2 is 2.09 bits per heavy atom. The van der Waals surface area contributed by atoms with E-state index in [9.17, 15) is 14.4 Å². The summed E-state index contributed by atoms with van der Waals surface area (Å²) in [7, 11) is 0. The predicted molar refractivity (Wildman–Crippen MR) is 88.0 cm³/mol. The van der Waals surface area contributed by atoms with Crippen molar-refractivity contribution in [3.8, 4) is 5.75 Å². The molecule has 118 valence electrons. The van der Waals surface area contributed by atoms with E-state index in [0.717, 1.165) is 0 Å². The molecule has 0 saturated carbocycles. The first-order chi connectivity index (χ1) is 11.0. The quantitative estimate of drug-likeness (QED) is 0.834. The summed E-state index contributed by atoms with van der Waals surface area (Å²) in [5.74, 6) is 0.0274. The first-order valence-corrected chi connectivity index (χ1v) is 7.73. The SMILES string of the molecule is CC(C(=O)c1ccc2c(c1)NC(=O)CO2)n1cc(Br)ccc1=O. The van der Waals surface area contributed by atoms with Crippen LogP contribution in [0.2, 0.25) is 0 Å². The lowest BCUT2D eigenvalue weighted by Crippen LogP contribution is -2.28. The molecule has 1 aromatic heterocycles. The summed E-state index contributed by atoms with van der Waals surface area (Å²) in [5, 5.41) is 2.66. The summed E-state index contributed by atoms with van der Waals surface area (Å²) in [6.07, 6.45) is 1.58. The third kappa shape index (κ3) is 3.05. The molecule has 1 aliphatic rings. The molecule has 1 atom stereocenters. The number of Topliss-reactive ketones (excluding diaryl/α,β-unsaturated/α-hetero) is 1. The van der Waals surface area contributed by atoms with Gasteiger partial charge in [-0.25, -0.2) is 0 Å². The van der Waals surface area contributed by atoms with Crippen molar-refractivity contribution in [3.63, 3.8) is 0 Å². The molecule has 0 bridgehead atoms. The maximum atomic E-state index is 12.6. The molecule has 0 spiro atoms. The first-order valence-electron chi connectivity index (χ1n) is 6.94. The zero-order valence-corrected chi connectivity index (χ0v) is 13.8. The number of fused-ring (bicyclic) bond motifs is 1. The molecule has 0 aliphatic carbocycles. The first kappa shape index (κ1) is 15.5. The minimum atomic E-state index is -0.668. The van der Waals surface area contributed by atoms with Crippen LogP contribution >= 0.6 is 15.9 Å². The van der Waals surface area contributed by atoms with Gasteiger partial charge in [-0.1, -0.05) is 0 Å². The van der Waals surface area contributed by atoms with Gasteiger partial charge in [0.15, 0.2) is 12.4 Å². The van der Waals surface area contributed by atoms with Gasteiger partial charge in [0.1, 0.15) is 5.75 Å². The number of ketones is 1. The predicted octanol–water partition coefficient (Wildman–Crippen LogP) is 2.39. The monoisotopic (exact) mass is 376 g/mol.